The molecule has 19 heavy (non-hydrogen) atoms. The summed E-state index contributed by atoms with van der Waals surface area (Å²) in [5.41, 5.74) is 1.10. The van der Waals surface area contributed by atoms with Gasteiger partial charge in [-0.15, -0.1) is 0 Å². The van der Waals surface area contributed by atoms with Crippen LogP contribution in [0.3, 0.4) is 0 Å². The molecule has 0 bridgehead atoms. The summed E-state index contributed by atoms with van der Waals surface area (Å²) in [7, 11) is 1.81. The number of aromatic nitrogens is 2. The molecule has 1 aromatic carbocycles. The van der Waals surface area contributed by atoms with Gasteiger partial charge in [-0.3, -0.25) is 9.48 Å². The number of likely N-dealkylation sites (N-methyl/N-ethyl adjacent to an activating group) is 1. The zero-order valence-electron chi connectivity index (χ0n) is 11.0. The van der Waals surface area contributed by atoms with Crippen LogP contribution >= 0.6 is 15.9 Å². The third-order valence-corrected chi connectivity index (χ3v) is 3.52. The average Bonchev–Trinajstić information content (AvgIpc) is 2.93. The Labute approximate surface area is 121 Å². The van der Waals surface area contributed by atoms with E-state index in [1.165, 1.54) is 0 Å². The van der Waals surface area contributed by atoms with Gasteiger partial charge in [0.15, 0.2) is 0 Å². The maximum atomic E-state index is 12.3. The predicted octanol–water partition coefficient (Wildman–Crippen LogP) is 2.87. The summed E-state index contributed by atoms with van der Waals surface area (Å²) >= 11 is 3.40. The van der Waals surface area contributed by atoms with Crippen LogP contribution in [0, 0.1) is 0 Å². The maximum absolute atomic E-state index is 12.3. The van der Waals surface area contributed by atoms with Crippen molar-refractivity contribution in [2.75, 3.05) is 7.05 Å². The molecule has 1 unspecified atom stereocenters. The summed E-state index contributed by atoms with van der Waals surface area (Å²) in [4.78, 5) is 14.0. The number of nitrogens with zero attached hydrogens (tertiary/aromatic N) is 3. The summed E-state index contributed by atoms with van der Waals surface area (Å²) in [6, 6.07) is 9.50. The van der Waals surface area contributed by atoms with Crippen LogP contribution in [0.4, 0.5) is 0 Å². The van der Waals surface area contributed by atoms with Crippen LogP contribution in [0.25, 0.3) is 0 Å². The van der Waals surface area contributed by atoms with Crippen LogP contribution in [0.1, 0.15) is 18.5 Å². The van der Waals surface area contributed by atoms with E-state index in [0.29, 0.717) is 6.54 Å². The average molecular weight is 322 g/mol. The van der Waals surface area contributed by atoms with E-state index < -0.39 is 0 Å². The first-order chi connectivity index (χ1) is 9.08. The van der Waals surface area contributed by atoms with Crippen molar-refractivity contribution in [1.82, 2.24) is 14.7 Å². The van der Waals surface area contributed by atoms with Crippen LogP contribution in [0.2, 0.25) is 0 Å². The van der Waals surface area contributed by atoms with Crippen molar-refractivity contribution in [3.05, 3.63) is 52.8 Å². The second-order valence-electron chi connectivity index (χ2n) is 4.48. The molecule has 0 saturated heterocycles. The lowest BCUT2D eigenvalue weighted by Crippen LogP contribution is -2.32. The van der Waals surface area contributed by atoms with E-state index in [-0.39, 0.29) is 11.9 Å². The van der Waals surface area contributed by atoms with Gasteiger partial charge < -0.3 is 4.90 Å². The third-order valence-electron chi connectivity index (χ3n) is 2.99. The fourth-order valence-corrected chi connectivity index (χ4v) is 2.15. The number of carbonyl (C=O) groups is 1. The van der Waals surface area contributed by atoms with E-state index in [1.54, 1.807) is 22.0 Å². The van der Waals surface area contributed by atoms with Gasteiger partial charge in [-0.1, -0.05) is 28.1 Å². The standard InChI is InChI=1S/C14H16BrN3O/c1-11(18-9-3-8-16-18)14(19)17(2)10-12-4-6-13(15)7-5-12/h3-9,11H,10H2,1-2H3. The smallest absolute Gasteiger partial charge is 0.247 e. The number of benzene rings is 1. The van der Waals surface area contributed by atoms with E-state index in [9.17, 15) is 4.79 Å². The van der Waals surface area contributed by atoms with Crippen molar-refractivity contribution in [2.45, 2.75) is 19.5 Å². The molecule has 1 amide bonds. The Morgan fingerprint density at radius 2 is 2.11 bits per heavy atom. The van der Waals surface area contributed by atoms with Gasteiger partial charge in [-0.05, 0) is 30.7 Å². The van der Waals surface area contributed by atoms with Gasteiger partial charge in [-0.2, -0.15) is 5.10 Å². The van der Waals surface area contributed by atoms with Crippen LogP contribution in [-0.2, 0) is 11.3 Å². The minimum absolute atomic E-state index is 0.0478. The second kappa shape index (κ2) is 6.02. The summed E-state index contributed by atoms with van der Waals surface area (Å²) in [5.74, 6) is 0.0478. The van der Waals surface area contributed by atoms with Crippen molar-refractivity contribution in [3.63, 3.8) is 0 Å². The van der Waals surface area contributed by atoms with E-state index in [1.807, 2.05) is 44.3 Å². The molecule has 0 radical (unpaired) electrons. The molecule has 0 spiro atoms. The zero-order valence-corrected chi connectivity index (χ0v) is 12.5. The topological polar surface area (TPSA) is 38.1 Å². The molecule has 1 atom stereocenters. The highest BCUT2D eigenvalue weighted by molar-refractivity contribution is 9.10. The quantitative estimate of drug-likeness (QED) is 0.868. The summed E-state index contributed by atoms with van der Waals surface area (Å²) in [6.07, 6.45) is 3.48. The lowest BCUT2D eigenvalue weighted by molar-refractivity contribution is -0.133. The number of amides is 1. The van der Waals surface area contributed by atoms with Gasteiger partial charge in [0.2, 0.25) is 5.91 Å². The van der Waals surface area contributed by atoms with E-state index in [0.717, 1.165) is 10.0 Å². The monoisotopic (exact) mass is 321 g/mol. The molecule has 0 aliphatic heterocycles. The highest BCUT2D eigenvalue weighted by Crippen LogP contribution is 2.14. The first-order valence-corrected chi connectivity index (χ1v) is 6.86. The van der Waals surface area contributed by atoms with Crippen LogP contribution in [-0.4, -0.2) is 27.6 Å². The lowest BCUT2D eigenvalue weighted by Gasteiger charge is -2.21. The fourth-order valence-electron chi connectivity index (χ4n) is 1.88. The molecule has 0 aliphatic rings. The number of carbonyl (C=O) groups excluding carboxylic acids is 1. The Hall–Kier alpha value is -1.62. The normalized spacial score (nSPS) is 12.2. The largest absolute Gasteiger partial charge is 0.340 e. The molecule has 1 heterocycles. The number of rotatable bonds is 4. The number of hydrogen-bond acceptors (Lipinski definition) is 2. The van der Waals surface area contributed by atoms with Crippen LogP contribution < -0.4 is 0 Å². The lowest BCUT2D eigenvalue weighted by atomic mass is 10.2. The van der Waals surface area contributed by atoms with Crippen LogP contribution in [0.5, 0.6) is 0 Å². The Bertz CT molecular complexity index is 536. The van der Waals surface area contributed by atoms with Crippen molar-refractivity contribution in [2.24, 2.45) is 0 Å². The maximum Gasteiger partial charge on any atom is 0.247 e. The minimum atomic E-state index is -0.282. The highest BCUT2D eigenvalue weighted by atomic mass is 79.9. The molecule has 0 aliphatic carbocycles. The molecule has 0 fully saturated rings. The first kappa shape index (κ1) is 13.8. The SMILES string of the molecule is CC(C(=O)N(C)Cc1ccc(Br)cc1)n1cccn1. The molecule has 2 rings (SSSR count). The summed E-state index contributed by atoms with van der Waals surface area (Å²) < 4.78 is 2.70. The number of hydrogen-bond donors (Lipinski definition) is 0. The van der Waals surface area contributed by atoms with Crippen molar-refractivity contribution in [3.8, 4) is 0 Å². The molecule has 4 nitrogen and oxygen atoms in total. The molecule has 100 valence electrons. The fraction of sp³-hybridized carbons (Fsp3) is 0.286. The minimum Gasteiger partial charge on any atom is -0.340 e. The van der Waals surface area contributed by atoms with Gasteiger partial charge in [-0.25, -0.2) is 0 Å². The Balaban J connectivity index is 2.01. The zero-order chi connectivity index (χ0) is 13.8. The molecule has 1 aromatic heterocycles. The second-order valence-corrected chi connectivity index (χ2v) is 5.40. The van der Waals surface area contributed by atoms with Gasteiger partial charge >= 0.3 is 0 Å². The van der Waals surface area contributed by atoms with E-state index in [4.69, 9.17) is 0 Å². The molecule has 0 N–H and O–H groups in total. The Kier molecular flexibility index (Phi) is 4.37. The van der Waals surface area contributed by atoms with Gasteiger partial charge in [0.05, 0.1) is 0 Å². The number of halogens is 1. The van der Waals surface area contributed by atoms with E-state index >= 15 is 0 Å². The van der Waals surface area contributed by atoms with Gasteiger partial charge in [0.25, 0.3) is 0 Å². The molecular formula is C14H16BrN3O. The molecular weight excluding hydrogens is 306 g/mol. The first-order valence-electron chi connectivity index (χ1n) is 6.06. The van der Waals surface area contributed by atoms with Crippen molar-refractivity contribution < 1.29 is 4.79 Å². The third kappa shape index (κ3) is 3.44. The Morgan fingerprint density at radius 3 is 2.68 bits per heavy atom. The summed E-state index contributed by atoms with van der Waals surface area (Å²) in [5, 5.41) is 4.10. The molecule has 2 aromatic rings. The van der Waals surface area contributed by atoms with Crippen LogP contribution in [0.15, 0.2) is 47.2 Å². The van der Waals surface area contributed by atoms with Crippen molar-refractivity contribution in [1.29, 1.82) is 0 Å². The molecule has 5 heteroatoms. The van der Waals surface area contributed by atoms with E-state index in [2.05, 4.69) is 21.0 Å². The summed E-state index contributed by atoms with van der Waals surface area (Å²) in [6.45, 7) is 2.45. The predicted molar refractivity (Wildman–Crippen MR) is 77.6 cm³/mol. The van der Waals surface area contributed by atoms with Gasteiger partial charge in [0.1, 0.15) is 6.04 Å². The van der Waals surface area contributed by atoms with Gasteiger partial charge in [0, 0.05) is 30.5 Å². The highest BCUT2D eigenvalue weighted by Gasteiger charge is 2.19. The van der Waals surface area contributed by atoms with Crippen molar-refractivity contribution >= 4 is 21.8 Å². The Morgan fingerprint density at radius 1 is 1.42 bits per heavy atom. The molecule has 0 saturated carbocycles.